The summed E-state index contributed by atoms with van der Waals surface area (Å²) in [6.07, 6.45) is 4.65. The minimum absolute atomic E-state index is 0.0367. The first-order chi connectivity index (χ1) is 26.0. The highest BCUT2D eigenvalue weighted by atomic mass is 15.0. The molecule has 0 saturated heterocycles. The van der Waals surface area contributed by atoms with E-state index < -0.39 is 0 Å². The van der Waals surface area contributed by atoms with Crippen LogP contribution in [0.1, 0.15) is 86.1 Å². The molecule has 0 aliphatic heterocycles. The van der Waals surface area contributed by atoms with Gasteiger partial charge in [-0.3, -0.25) is 0 Å². The molecule has 54 heavy (non-hydrogen) atoms. The summed E-state index contributed by atoms with van der Waals surface area (Å²) in [4.78, 5) is 0. The molecule has 0 saturated carbocycles. The van der Waals surface area contributed by atoms with Crippen LogP contribution in [0.2, 0.25) is 0 Å². The lowest BCUT2D eigenvalue weighted by Gasteiger charge is -2.30. The third kappa shape index (κ3) is 4.64. The Kier molecular flexibility index (Phi) is 6.99. The minimum Gasteiger partial charge on any atom is -0.309 e. The fourth-order valence-electron chi connectivity index (χ4n) is 9.48. The van der Waals surface area contributed by atoms with Gasteiger partial charge in [0.2, 0.25) is 0 Å². The van der Waals surface area contributed by atoms with Crippen molar-refractivity contribution < 1.29 is 0 Å². The van der Waals surface area contributed by atoms with Crippen LogP contribution < -0.4 is 0 Å². The second-order valence-corrected chi connectivity index (χ2v) is 17.4. The van der Waals surface area contributed by atoms with Gasteiger partial charge in [-0.1, -0.05) is 175 Å². The first kappa shape index (κ1) is 32.7. The number of hydrogen-bond donors (Lipinski definition) is 0. The lowest BCUT2D eigenvalue weighted by atomic mass is 9.70. The van der Waals surface area contributed by atoms with Crippen molar-refractivity contribution in [2.24, 2.45) is 0 Å². The van der Waals surface area contributed by atoms with Crippen LogP contribution in [0, 0.1) is 0 Å². The molecule has 0 unspecified atom stereocenters. The molecule has 1 nitrogen and oxygen atoms in total. The third-order valence-corrected chi connectivity index (χ3v) is 12.1. The van der Waals surface area contributed by atoms with E-state index in [4.69, 9.17) is 0 Å². The minimum atomic E-state index is -0.332. The van der Waals surface area contributed by atoms with Crippen LogP contribution in [0.3, 0.4) is 0 Å². The molecule has 0 fully saturated rings. The fourth-order valence-corrected chi connectivity index (χ4v) is 9.48. The zero-order valence-corrected chi connectivity index (χ0v) is 32.0. The van der Waals surface area contributed by atoms with E-state index in [0.717, 1.165) is 0 Å². The van der Waals surface area contributed by atoms with Gasteiger partial charge in [-0.15, -0.1) is 0 Å². The van der Waals surface area contributed by atoms with E-state index in [9.17, 15) is 0 Å². The Bertz CT molecular complexity index is 2770. The zero-order chi connectivity index (χ0) is 37.0. The molecule has 8 aromatic rings. The van der Waals surface area contributed by atoms with Crippen LogP contribution in [0.4, 0.5) is 0 Å². The van der Waals surface area contributed by atoms with E-state index in [-0.39, 0.29) is 16.2 Å². The SMILES string of the molecule is CC(C)(C)c1cc(-n2c3ccccc3c3cc(/C=C/c4cccc5c4-c4ccccc4C54c5ccccc5-c5ccccc54)ccc32)cc(C(C)(C)C)c1. The van der Waals surface area contributed by atoms with Crippen molar-refractivity contribution in [2.75, 3.05) is 0 Å². The number of fused-ring (bicyclic) bond motifs is 13. The average molecular weight is 696 g/mol. The van der Waals surface area contributed by atoms with Gasteiger partial charge in [-0.05, 0) is 108 Å². The van der Waals surface area contributed by atoms with Crippen LogP contribution in [0.5, 0.6) is 0 Å². The number of benzene rings is 7. The Morgan fingerprint density at radius 2 is 0.981 bits per heavy atom. The Hall–Kier alpha value is -5.92. The van der Waals surface area contributed by atoms with Crippen LogP contribution in [-0.2, 0) is 16.2 Å². The molecule has 2 aliphatic carbocycles. The zero-order valence-electron chi connectivity index (χ0n) is 32.0. The maximum Gasteiger partial charge on any atom is 0.0725 e. The van der Waals surface area contributed by atoms with E-state index in [1.54, 1.807) is 0 Å². The molecule has 2 aliphatic rings. The van der Waals surface area contributed by atoms with Gasteiger partial charge in [0.15, 0.2) is 0 Å². The summed E-state index contributed by atoms with van der Waals surface area (Å²) in [5, 5.41) is 2.55. The molecule has 0 atom stereocenters. The summed E-state index contributed by atoms with van der Waals surface area (Å²) in [6, 6.07) is 57.1. The third-order valence-electron chi connectivity index (χ3n) is 12.1. The van der Waals surface area contributed by atoms with E-state index >= 15 is 0 Å². The van der Waals surface area contributed by atoms with Crippen molar-refractivity contribution in [1.29, 1.82) is 0 Å². The molecular formula is C53H45N. The van der Waals surface area contributed by atoms with E-state index in [1.807, 2.05) is 0 Å². The molecule has 0 N–H and O–H groups in total. The first-order valence-corrected chi connectivity index (χ1v) is 19.4. The van der Waals surface area contributed by atoms with Crippen LogP contribution in [-0.4, -0.2) is 4.57 Å². The molecule has 10 rings (SSSR count). The van der Waals surface area contributed by atoms with Crippen LogP contribution in [0.15, 0.2) is 152 Å². The van der Waals surface area contributed by atoms with Crippen molar-refractivity contribution >= 4 is 34.0 Å². The Morgan fingerprint density at radius 3 is 1.63 bits per heavy atom. The van der Waals surface area contributed by atoms with Crippen molar-refractivity contribution in [1.82, 2.24) is 4.57 Å². The lowest BCUT2D eigenvalue weighted by Crippen LogP contribution is -2.25. The molecule has 0 bridgehead atoms. The highest BCUT2D eigenvalue weighted by Gasteiger charge is 2.51. The van der Waals surface area contributed by atoms with Crippen LogP contribution in [0.25, 0.3) is 61.9 Å². The van der Waals surface area contributed by atoms with Crippen LogP contribution >= 0.6 is 0 Å². The molecule has 0 amide bonds. The second-order valence-electron chi connectivity index (χ2n) is 17.4. The van der Waals surface area contributed by atoms with Crippen molar-refractivity contribution in [3.8, 4) is 27.9 Å². The number of para-hydroxylation sites is 1. The van der Waals surface area contributed by atoms with E-state index in [0.29, 0.717) is 0 Å². The molecule has 1 heteroatoms. The monoisotopic (exact) mass is 695 g/mol. The van der Waals surface area contributed by atoms with Crippen molar-refractivity contribution in [2.45, 2.75) is 57.8 Å². The second kappa shape index (κ2) is 11.5. The van der Waals surface area contributed by atoms with Gasteiger partial charge < -0.3 is 4.57 Å². The normalized spacial score (nSPS) is 14.2. The Labute approximate surface area is 319 Å². The smallest absolute Gasteiger partial charge is 0.0725 e. The standard InChI is InChI=1S/C53H45N/c1-51(2,3)36-31-37(52(4,5)6)33-38(32-36)54-48-25-14-10-19-41(48)43-30-34(27-29-49(43)54)26-28-35-16-15-24-47-50(35)42-20-9-13-23-46(42)53(47)44-21-11-7-17-39(44)40-18-8-12-22-45(40)53/h7-33H,1-6H3/b28-26+. The molecule has 1 aromatic heterocycles. The van der Waals surface area contributed by atoms with Gasteiger partial charge in [-0.25, -0.2) is 0 Å². The molecule has 7 aromatic carbocycles. The Balaban J connectivity index is 1.13. The summed E-state index contributed by atoms with van der Waals surface area (Å²) in [5.74, 6) is 0. The molecular weight excluding hydrogens is 651 g/mol. The average Bonchev–Trinajstić information content (AvgIpc) is 3.78. The lowest BCUT2D eigenvalue weighted by molar-refractivity contribution is 0.568. The highest BCUT2D eigenvalue weighted by molar-refractivity contribution is 6.10. The molecule has 0 radical (unpaired) electrons. The van der Waals surface area contributed by atoms with E-state index in [1.165, 1.54) is 94.3 Å². The van der Waals surface area contributed by atoms with Gasteiger partial charge >= 0.3 is 0 Å². The van der Waals surface area contributed by atoms with Gasteiger partial charge in [-0.2, -0.15) is 0 Å². The van der Waals surface area contributed by atoms with Crippen molar-refractivity contribution in [3.05, 3.63) is 196 Å². The van der Waals surface area contributed by atoms with E-state index in [2.05, 4.69) is 210 Å². The topological polar surface area (TPSA) is 4.93 Å². The number of nitrogens with zero attached hydrogens (tertiary/aromatic N) is 1. The maximum absolute atomic E-state index is 2.47. The van der Waals surface area contributed by atoms with Gasteiger partial charge in [0.1, 0.15) is 0 Å². The Morgan fingerprint density at radius 1 is 0.444 bits per heavy atom. The van der Waals surface area contributed by atoms with Crippen molar-refractivity contribution in [3.63, 3.8) is 0 Å². The van der Waals surface area contributed by atoms with Gasteiger partial charge in [0.25, 0.3) is 0 Å². The maximum atomic E-state index is 2.47. The van der Waals surface area contributed by atoms with Gasteiger partial charge in [0, 0.05) is 16.5 Å². The number of hydrogen-bond acceptors (Lipinski definition) is 0. The number of rotatable bonds is 3. The highest BCUT2D eigenvalue weighted by Crippen LogP contribution is 2.63. The molecule has 1 heterocycles. The number of aromatic nitrogens is 1. The predicted octanol–water partition coefficient (Wildman–Crippen LogP) is 13.9. The summed E-state index contributed by atoms with van der Waals surface area (Å²) >= 11 is 0. The quantitative estimate of drug-likeness (QED) is 0.162. The fraction of sp³-hybridized carbons (Fsp3) is 0.170. The molecule has 1 spiro atoms. The summed E-state index contributed by atoms with van der Waals surface area (Å²) < 4.78 is 2.47. The molecule has 262 valence electrons. The predicted molar refractivity (Wildman–Crippen MR) is 230 cm³/mol. The largest absolute Gasteiger partial charge is 0.309 e. The summed E-state index contributed by atoms with van der Waals surface area (Å²) in [7, 11) is 0. The van der Waals surface area contributed by atoms with Gasteiger partial charge in [0.05, 0.1) is 16.4 Å². The summed E-state index contributed by atoms with van der Waals surface area (Å²) in [5.41, 5.74) is 19.4. The first-order valence-electron chi connectivity index (χ1n) is 19.4. The summed E-state index contributed by atoms with van der Waals surface area (Å²) in [6.45, 7) is 13.9.